The molecule has 0 spiro atoms. The second-order valence-electron chi connectivity index (χ2n) is 7.38. The Hall–Kier alpha value is -0.610. The highest BCUT2D eigenvalue weighted by Crippen LogP contribution is 2.33. The molecule has 4 heteroatoms. The second-order valence-corrected chi connectivity index (χ2v) is 7.38. The summed E-state index contributed by atoms with van der Waals surface area (Å²) in [6.45, 7) is 1.21. The zero-order valence-electron chi connectivity index (χ0n) is 13.2. The average molecular weight is 293 g/mol. The van der Waals surface area contributed by atoms with Crippen molar-refractivity contribution in [3.8, 4) is 0 Å². The smallest absolute Gasteiger partial charge is 0.220 e. The van der Waals surface area contributed by atoms with E-state index in [4.69, 9.17) is 5.73 Å². The van der Waals surface area contributed by atoms with E-state index in [0.717, 1.165) is 37.6 Å². The molecule has 120 valence electrons. The molecule has 2 saturated carbocycles. The highest BCUT2D eigenvalue weighted by molar-refractivity contribution is 5.76. The summed E-state index contributed by atoms with van der Waals surface area (Å²) < 4.78 is 0. The Kier molecular flexibility index (Phi) is 5.17. The maximum absolute atomic E-state index is 11.3. The number of nitrogens with one attached hydrogen (secondary N) is 2. The van der Waals surface area contributed by atoms with Crippen LogP contribution in [0.15, 0.2) is 0 Å². The average Bonchev–Trinajstić information content (AvgIpc) is 2.97. The van der Waals surface area contributed by atoms with E-state index in [1.165, 1.54) is 45.1 Å². The van der Waals surface area contributed by atoms with E-state index >= 15 is 0 Å². The third-order valence-electron chi connectivity index (χ3n) is 6.01. The van der Waals surface area contributed by atoms with Crippen LogP contribution in [0.4, 0.5) is 0 Å². The zero-order chi connectivity index (χ0) is 14.7. The van der Waals surface area contributed by atoms with Gasteiger partial charge in [0.15, 0.2) is 0 Å². The van der Waals surface area contributed by atoms with E-state index in [2.05, 4.69) is 10.6 Å². The first-order chi connectivity index (χ1) is 10.2. The van der Waals surface area contributed by atoms with Crippen LogP contribution in [0.3, 0.4) is 0 Å². The predicted molar refractivity (Wildman–Crippen MR) is 84.8 cm³/mol. The number of hydrogen-bond acceptors (Lipinski definition) is 3. The van der Waals surface area contributed by atoms with Gasteiger partial charge in [0.25, 0.3) is 0 Å². The Bertz CT molecular complexity index is 346. The van der Waals surface area contributed by atoms with Gasteiger partial charge in [-0.05, 0) is 63.8 Å². The monoisotopic (exact) mass is 293 g/mol. The van der Waals surface area contributed by atoms with Gasteiger partial charge in [0, 0.05) is 24.0 Å². The number of carbonyl (C=O) groups excluding carboxylic acids is 1. The first-order valence-corrected chi connectivity index (χ1v) is 9.03. The minimum atomic E-state index is -0.0985. The fraction of sp³-hybridized carbons (Fsp3) is 0.941. The van der Waals surface area contributed by atoms with Crippen LogP contribution in [-0.4, -0.2) is 30.6 Å². The lowest BCUT2D eigenvalue weighted by molar-refractivity contribution is -0.122. The van der Waals surface area contributed by atoms with Crippen molar-refractivity contribution in [1.82, 2.24) is 10.6 Å². The highest BCUT2D eigenvalue weighted by atomic mass is 16.1. The Balaban J connectivity index is 1.49. The summed E-state index contributed by atoms with van der Waals surface area (Å²) in [6, 6.07) is 2.03. The predicted octanol–water partition coefficient (Wildman–Crippen LogP) is 1.93. The molecule has 4 N–H and O–H groups in total. The van der Waals surface area contributed by atoms with Gasteiger partial charge in [-0.3, -0.25) is 4.79 Å². The molecule has 2 aliphatic carbocycles. The fourth-order valence-corrected chi connectivity index (χ4v) is 4.77. The standard InChI is InChI=1S/C17H31N3O/c18-17(21)12-7-9-13(10-8-12)20-16-6-3-4-14(16)15-5-1-2-11-19-15/h12-16,19-20H,1-11H2,(H2,18,21). The molecule has 4 nitrogen and oxygen atoms in total. The Morgan fingerprint density at radius 1 is 0.952 bits per heavy atom. The third-order valence-corrected chi connectivity index (χ3v) is 6.01. The molecule has 1 heterocycles. The quantitative estimate of drug-likeness (QED) is 0.742. The fourth-order valence-electron chi connectivity index (χ4n) is 4.77. The Morgan fingerprint density at radius 3 is 2.43 bits per heavy atom. The normalized spacial score (nSPS) is 41.0. The molecule has 0 aromatic rings. The van der Waals surface area contributed by atoms with Crippen LogP contribution in [0.1, 0.15) is 64.2 Å². The third kappa shape index (κ3) is 3.78. The minimum Gasteiger partial charge on any atom is -0.369 e. The molecule has 1 aliphatic heterocycles. The number of nitrogens with two attached hydrogens (primary N) is 1. The van der Waals surface area contributed by atoms with Gasteiger partial charge in [-0.15, -0.1) is 0 Å². The van der Waals surface area contributed by atoms with E-state index in [9.17, 15) is 4.79 Å². The molecule has 0 radical (unpaired) electrons. The number of primary amides is 1. The summed E-state index contributed by atoms with van der Waals surface area (Å²) in [7, 11) is 0. The van der Waals surface area contributed by atoms with Gasteiger partial charge < -0.3 is 16.4 Å². The van der Waals surface area contributed by atoms with Gasteiger partial charge >= 0.3 is 0 Å². The van der Waals surface area contributed by atoms with Crippen molar-refractivity contribution in [2.45, 2.75) is 82.3 Å². The molecule has 3 fully saturated rings. The van der Waals surface area contributed by atoms with Crippen LogP contribution in [0.2, 0.25) is 0 Å². The molecule has 1 amide bonds. The van der Waals surface area contributed by atoms with E-state index in [1.54, 1.807) is 0 Å². The second kappa shape index (κ2) is 7.10. The zero-order valence-corrected chi connectivity index (χ0v) is 13.2. The summed E-state index contributed by atoms with van der Waals surface area (Å²) in [5.74, 6) is 0.847. The number of piperidine rings is 1. The van der Waals surface area contributed by atoms with Crippen molar-refractivity contribution in [2.75, 3.05) is 6.54 Å². The Labute approximate surface area is 128 Å². The van der Waals surface area contributed by atoms with Crippen molar-refractivity contribution in [3.05, 3.63) is 0 Å². The van der Waals surface area contributed by atoms with Crippen molar-refractivity contribution >= 4 is 5.91 Å². The van der Waals surface area contributed by atoms with E-state index in [0.29, 0.717) is 12.1 Å². The molecule has 0 bridgehead atoms. The largest absolute Gasteiger partial charge is 0.369 e. The van der Waals surface area contributed by atoms with Gasteiger partial charge in [-0.1, -0.05) is 12.8 Å². The highest BCUT2D eigenvalue weighted by Gasteiger charge is 2.36. The summed E-state index contributed by atoms with van der Waals surface area (Å²) >= 11 is 0. The topological polar surface area (TPSA) is 67.2 Å². The van der Waals surface area contributed by atoms with Crippen LogP contribution in [-0.2, 0) is 4.79 Å². The van der Waals surface area contributed by atoms with E-state index in [1.807, 2.05) is 0 Å². The first-order valence-electron chi connectivity index (χ1n) is 9.03. The molecule has 21 heavy (non-hydrogen) atoms. The molecular formula is C17H31N3O. The molecule has 0 aromatic carbocycles. The molecular weight excluding hydrogens is 262 g/mol. The Morgan fingerprint density at radius 2 is 1.76 bits per heavy atom. The van der Waals surface area contributed by atoms with E-state index in [-0.39, 0.29) is 11.8 Å². The number of amides is 1. The van der Waals surface area contributed by atoms with E-state index < -0.39 is 0 Å². The van der Waals surface area contributed by atoms with Crippen LogP contribution in [0.25, 0.3) is 0 Å². The first kappa shape index (κ1) is 15.3. The van der Waals surface area contributed by atoms with Crippen LogP contribution in [0, 0.1) is 11.8 Å². The van der Waals surface area contributed by atoms with Gasteiger partial charge in [0.05, 0.1) is 0 Å². The molecule has 3 unspecified atom stereocenters. The van der Waals surface area contributed by atoms with Crippen LogP contribution < -0.4 is 16.4 Å². The van der Waals surface area contributed by atoms with Gasteiger partial charge in [-0.2, -0.15) is 0 Å². The minimum absolute atomic E-state index is 0.0985. The van der Waals surface area contributed by atoms with Crippen molar-refractivity contribution in [2.24, 2.45) is 17.6 Å². The van der Waals surface area contributed by atoms with Gasteiger partial charge in [0.1, 0.15) is 0 Å². The van der Waals surface area contributed by atoms with Crippen LogP contribution >= 0.6 is 0 Å². The summed E-state index contributed by atoms with van der Waals surface area (Å²) in [5.41, 5.74) is 5.43. The maximum Gasteiger partial charge on any atom is 0.220 e. The number of hydrogen-bond donors (Lipinski definition) is 3. The van der Waals surface area contributed by atoms with Gasteiger partial charge in [-0.25, -0.2) is 0 Å². The number of rotatable bonds is 4. The lowest BCUT2D eigenvalue weighted by atomic mass is 9.83. The SMILES string of the molecule is NC(=O)C1CCC(NC2CCCC2C2CCCCN2)CC1. The summed E-state index contributed by atoms with van der Waals surface area (Å²) in [4.78, 5) is 11.3. The molecule has 0 aromatic heterocycles. The van der Waals surface area contributed by atoms with Crippen molar-refractivity contribution in [3.63, 3.8) is 0 Å². The molecule has 3 atom stereocenters. The lowest BCUT2D eigenvalue weighted by Crippen LogP contribution is -2.50. The molecule has 1 saturated heterocycles. The number of carbonyl (C=O) groups is 1. The van der Waals surface area contributed by atoms with Crippen molar-refractivity contribution < 1.29 is 4.79 Å². The van der Waals surface area contributed by atoms with Gasteiger partial charge in [0.2, 0.25) is 5.91 Å². The molecule has 3 aliphatic rings. The maximum atomic E-state index is 11.3. The summed E-state index contributed by atoms with van der Waals surface area (Å²) in [5, 5.41) is 7.68. The summed E-state index contributed by atoms with van der Waals surface area (Å²) in [6.07, 6.45) is 12.4. The van der Waals surface area contributed by atoms with Crippen LogP contribution in [0.5, 0.6) is 0 Å². The van der Waals surface area contributed by atoms with Crippen molar-refractivity contribution in [1.29, 1.82) is 0 Å². The lowest BCUT2D eigenvalue weighted by Gasteiger charge is -2.36. The molecule has 3 rings (SSSR count).